The van der Waals surface area contributed by atoms with E-state index in [9.17, 15) is 9.59 Å². The lowest BCUT2D eigenvalue weighted by Crippen LogP contribution is -2.22. The van der Waals surface area contributed by atoms with Crippen LogP contribution in [0.1, 0.15) is 34.4 Å². The Morgan fingerprint density at radius 1 is 1.33 bits per heavy atom. The van der Waals surface area contributed by atoms with Crippen LogP contribution in [0.5, 0.6) is 0 Å². The van der Waals surface area contributed by atoms with E-state index in [-0.39, 0.29) is 24.4 Å². The number of aromatic nitrogens is 4. The third kappa shape index (κ3) is 2.60. The third-order valence-electron chi connectivity index (χ3n) is 3.81. The molecule has 24 heavy (non-hydrogen) atoms. The molecule has 8 heteroatoms. The van der Waals surface area contributed by atoms with Crippen LogP contribution >= 0.6 is 0 Å². The van der Waals surface area contributed by atoms with Crippen LogP contribution in [-0.4, -0.2) is 32.1 Å². The largest absolute Gasteiger partial charge is 0.461 e. The molecule has 3 rings (SSSR count). The van der Waals surface area contributed by atoms with E-state index in [2.05, 4.69) is 10.3 Å². The molecule has 0 radical (unpaired) electrons. The SMILES string of the molecule is CCOC(=O)c1cc(Cn2c(=O)cc(C)c3c(C)nn(C)c32)on1. The summed E-state index contributed by atoms with van der Waals surface area (Å²) in [6.07, 6.45) is 0. The zero-order valence-corrected chi connectivity index (χ0v) is 14.0. The highest BCUT2D eigenvalue weighted by molar-refractivity contribution is 5.87. The second-order valence-electron chi connectivity index (χ2n) is 5.56. The molecule has 0 atom stereocenters. The van der Waals surface area contributed by atoms with Gasteiger partial charge in [-0.2, -0.15) is 5.10 Å². The summed E-state index contributed by atoms with van der Waals surface area (Å²) >= 11 is 0. The van der Waals surface area contributed by atoms with Crippen molar-refractivity contribution in [2.45, 2.75) is 27.3 Å². The normalized spacial score (nSPS) is 11.2. The fourth-order valence-electron chi connectivity index (χ4n) is 2.85. The van der Waals surface area contributed by atoms with Gasteiger partial charge in [-0.25, -0.2) is 4.79 Å². The van der Waals surface area contributed by atoms with Crippen molar-refractivity contribution in [1.82, 2.24) is 19.5 Å². The van der Waals surface area contributed by atoms with Crippen LogP contribution in [0.15, 0.2) is 21.5 Å². The number of pyridine rings is 1. The van der Waals surface area contributed by atoms with Crippen molar-refractivity contribution < 1.29 is 14.1 Å². The zero-order valence-electron chi connectivity index (χ0n) is 14.0. The Labute approximate surface area is 137 Å². The number of esters is 1. The molecule has 0 bridgehead atoms. The first kappa shape index (κ1) is 16.0. The average Bonchev–Trinajstić information content (AvgIpc) is 3.08. The Balaban J connectivity index is 2.05. The Morgan fingerprint density at radius 3 is 2.79 bits per heavy atom. The number of carbonyl (C=O) groups excluding carboxylic acids is 1. The molecule has 0 aliphatic rings. The molecule has 0 aliphatic heterocycles. The molecule has 0 spiro atoms. The first-order valence-corrected chi connectivity index (χ1v) is 7.58. The lowest BCUT2D eigenvalue weighted by Gasteiger charge is -2.08. The standard InChI is InChI=1S/C16H18N4O4/c1-5-23-16(22)12-7-11(24-18-12)8-20-13(21)6-9(2)14-10(3)17-19(4)15(14)20/h6-7H,5,8H2,1-4H3. The molecule has 0 fully saturated rings. The molecule has 126 valence electrons. The Bertz CT molecular complexity index is 980. The molecule has 0 unspecified atom stereocenters. The van der Waals surface area contributed by atoms with Crippen LogP contribution in [0.3, 0.4) is 0 Å². The number of rotatable bonds is 4. The Hall–Kier alpha value is -2.90. The summed E-state index contributed by atoms with van der Waals surface area (Å²) in [5, 5.41) is 9.02. The summed E-state index contributed by atoms with van der Waals surface area (Å²) in [5.41, 5.74) is 2.35. The van der Waals surface area contributed by atoms with Crippen molar-refractivity contribution in [3.63, 3.8) is 0 Å². The van der Waals surface area contributed by atoms with Gasteiger partial charge in [0.2, 0.25) is 0 Å². The minimum Gasteiger partial charge on any atom is -0.461 e. The molecule has 3 aromatic heterocycles. The first-order valence-electron chi connectivity index (χ1n) is 7.58. The second-order valence-corrected chi connectivity index (χ2v) is 5.56. The van der Waals surface area contributed by atoms with Gasteiger partial charge in [-0.3, -0.25) is 14.0 Å². The molecular weight excluding hydrogens is 312 g/mol. The van der Waals surface area contributed by atoms with Crippen LogP contribution in [0.4, 0.5) is 0 Å². The van der Waals surface area contributed by atoms with Crippen LogP contribution in [0, 0.1) is 13.8 Å². The smallest absolute Gasteiger partial charge is 0.360 e. The molecule has 0 N–H and O–H groups in total. The summed E-state index contributed by atoms with van der Waals surface area (Å²) in [7, 11) is 1.79. The van der Waals surface area contributed by atoms with Crippen molar-refractivity contribution in [1.29, 1.82) is 0 Å². The topological polar surface area (TPSA) is 92.2 Å². The average molecular weight is 330 g/mol. The van der Waals surface area contributed by atoms with Crippen LogP contribution in [-0.2, 0) is 18.3 Å². The summed E-state index contributed by atoms with van der Waals surface area (Å²) in [6.45, 7) is 5.91. The van der Waals surface area contributed by atoms with E-state index in [1.54, 1.807) is 29.3 Å². The number of nitrogens with zero attached hydrogens (tertiary/aromatic N) is 4. The second kappa shape index (κ2) is 5.95. The number of carbonyl (C=O) groups is 1. The maximum atomic E-state index is 12.4. The molecule has 0 amide bonds. The monoisotopic (exact) mass is 330 g/mol. The number of ether oxygens (including phenoxy) is 1. The maximum absolute atomic E-state index is 12.4. The van der Waals surface area contributed by atoms with E-state index >= 15 is 0 Å². The van der Waals surface area contributed by atoms with Crippen molar-refractivity contribution >= 4 is 17.0 Å². The van der Waals surface area contributed by atoms with Gasteiger partial charge < -0.3 is 9.26 Å². The summed E-state index contributed by atoms with van der Waals surface area (Å²) in [4.78, 5) is 24.1. The Kier molecular flexibility index (Phi) is 3.96. The predicted molar refractivity (Wildman–Crippen MR) is 86.0 cm³/mol. The van der Waals surface area contributed by atoms with Crippen molar-refractivity contribution in [2.75, 3.05) is 6.61 Å². The van der Waals surface area contributed by atoms with E-state index in [1.807, 2.05) is 13.8 Å². The van der Waals surface area contributed by atoms with E-state index in [0.717, 1.165) is 16.6 Å². The van der Waals surface area contributed by atoms with Gasteiger partial charge in [-0.15, -0.1) is 0 Å². The fraction of sp³-hybridized carbons (Fsp3) is 0.375. The quantitative estimate of drug-likeness (QED) is 0.674. The number of aryl methyl sites for hydroxylation is 3. The lowest BCUT2D eigenvalue weighted by atomic mass is 10.1. The van der Waals surface area contributed by atoms with Gasteiger partial charge in [0.1, 0.15) is 5.65 Å². The molecule has 0 aliphatic carbocycles. The van der Waals surface area contributed by atoms with E-state index in [1.165, 1.54) is 6.07 Å². The van der Waals surface area contributed by atoms with E-state index in [4.69, 9.17) is 9.26 Å². The molecule has 3 aromatic rings. The zero-order chi connectivity index (χ0) is 17.4. The van der Waals surface area contributed by atoms with E-state index in [0.29, 0.717) is 11.4 Å². The highest BCUT2D eigenvalue weighted by Gasteiger charge is 2.18. The number of hydrogen-bond donors (Lipinski definition) is 0. The van der Waals surface area contributed by atoms with Crippen LogP contribution in [0.2, 0.25) is 0 Å². The molecular formula is C16H18N4O4. The summed E-state index contributed by atoms with van der Waals surface area (Å²) in [6, 6.07) is 3.05. The minimum absolute atomic E-state index is 0.0874. The van der Waals surface area contributed by atoms with Crippen molar-refractivity contribution in [3.8, 4) is 0 Å². The number of hydrogen-bond acceptors (Lipinski definition) is 6. The van der Waals surface area contributed by atoms with Gasteiger partial charge in [0.05, 0.1) is 18.8 Å². The van der Waals surface area contributed by atoms with Gasteiger partial charge in [0.25, 0.3) is 5.56 Å². The van der Waals surface area contributed by atoms with Gasteiger partial charge in [0.15, 0.2) is 11.5 Å². The number of fused-ring (bicyclic) bond motifs is 1. The summed E-state index contributed by atoms with van der Waals surface area (Å²) < 4.78 is 13.3. The van der Waals surface area contributed by atoms with E-state index < -0.39 is 5.97 Å². The van der Waals surface area contributed by atoms with Gasteiger partial charge >= 0.3 is 5.97 Å². The van der Waals surface area contributed by atoms with Crippen LogP contribution in [0.25, 0.3) is 11.0 Å². The minimum atomic E-state index is -0.551. The summed E-state index contributed by atoms with van der Waals surface area (Å²) in [5.74, 6) is -0.158. The van der Waals surface area contributed by atoms with Gasteiger partial charge in [-0.1, -0.05) is 5.16 Å². The Morgan fingerprint density at radius 2 is 2.08 bits per heavy atom. The van der Waals surface area contributed by atoms with Crippen molar-refractivity contribution in [3.05, 3.63) is 45.2 Å². The first-order chi connectivity index (χ1) is 11.4. The maximum Gasteiger partial charge on any atom is 0.360 e. The highest BCUT2D eigenvalue weighted by atomic mass is 16.5. The van der Waals surface area contributed by atoms with Crippen molar-refractivity contribution in [2.24, 2.45) is 7.05 Å². The van der Waals surface area contributed by atoms with Gasteiger partial charge in [-0.05, 0) is 26.3 Å². The highest BCUT2D eigenvalue weighted by Crippen LogP contribution is 2.20. The third-order valence-corrected chi connectivity index (χ3v) is 3.81. The molecule has 8 nitrogen and oxygen atoms in total. The van der Waals surface area contributed by atoms with Crippen LogP contribution < -0.4 is 5.56 Å². The molecule has 0 aromatic carbocycles. The molecule has 3 heterocycles. The molecule has 0 saturated carbocycles. The van der Waals surface area contributed by atoms with Gasteiger partial charge in [0, 0.05) is 24.6 Å². The molecule has 0 saturated heterocycles. The fourth-order valence-corrected chi connectivity index (χ4v) is 2.85. The predicted octanol–water partition coefficient (Wildman–Crippen LogP) is 1.56. The lowest BCUT2D eigenvalue weighted by molar-refractivity contribution is 0.0514.